The van der Waals surface area contributed by atoms with E-state index in [9.17, 15) is 10.1 Å². The summed E-state index contributed by atoms with van der Waals surface area (Å²) in [5.74, 6) is 0.705. The average Bonchev–Trinajstić information content (AvgIpc) is 3.28. The van der Waals surface area contributed by atoms with Crippen molar-refractivity contribution >= 4 is 0 Å². The van der Waals surface area contributed by atoms with Gasteiger partial charge in [0.15, 0.2) is 0 Å². The number of nitriles is 1. The molecule has 1 aliphatic rings. The SMILES string of the molecule is N#Cc1c2c(c(-c3ccccc3)n(Cc3ccco3)c1=O)CCC2. The van der Waals surface area contributed by atoms with Gasteiger partial charge in [0.1, 0.15) is 17.4 Å². The lowest BCUT2D eigenvalue weighted by molar-refractivity contribution is 0.490. The van der Waals surface area contributed by atoms with Crippen LogP contribution in [-0.4, -0.2) is 4.57 Å². The second-order valence-electron chi connectivity index (χ2n) is 5.98. The lowest BCUT2D eigenvalue weighted by Crippen LogP contribution is -2.27. The third kappa shape index (κ3) is 2.26. The summed E-state index contributed by atoms with van der Waals surface area (Å²) in [5.41, 5.74) is 4.04. The molecule has 1 aliphatic carbocycles. The summed E-state index contributed by atoms with van der Waals surface area (Å²) in [4.78, 5) is 13.0. The van der Waals surface area contributed by atoms with Gasteiger partial charge in [0.2, 0.25) is 0 Å². The van der Waals surface area contributed by atoms with Gasteiger partial charge in [-0.2, -0.15) is 5.26 Å². The molecule has 2 heterocycles. The summed E-state index contributed by atoms with van der Waals surface area (Å²) in [7, 11) is 0. The molecule has 0 radical (unpaired) electrons. The smallest absolute Gasteiger partial charge is 0.269 e. The van der Waals surface area contributed by atoms with Gasteiger partial charge in [-0.05, 0) is 48.1 Å². The molecule has 0 amide bonds. The number of aromatic nitrogens is 1. The Kier molecular flexibility index (Phi) is 3.55. The number of fused-ring (bicyclic) bond motifs is 1. The molecule has 118 valence electrons. The van der Waals surface area contributed by atoms with Gasteiger partial charge in [-0.3, -0.25) is 9.36 Å². The van der Waals surface area contributed by atoms with Crippen LogP contribution in [0.25, 0.3) is 11.3 Å². The molecule has 0 N–H and O–H groups in total. The van der Waals surface area contributed by atoms with Gasteiger partial charge < -0.3 is 4.42 Å². The highest BCUT2D eigenvalue weighted by molar-refractivity contribution is 5.68. The number of furan rings is 1. The molecule has 4 nitrogen and oxygen atoms in total. The van der Waals surface area contributed by atoms with Crippen molar-refractivity contribution in [2.24, 2.45) is 0 Å². The van der Waals surface area contributed by atoms with Crippen LogP contribution in [0.5, 0.6) is 0 Å². The van der Waals surface area contributed by atoms with Gasteiger partial charge in [0.05, 0.1) is 18.5 Å². The summed E-state index contributed by atoms with van der Waals surface area (Å²) in [6.45, 7) is 0.331. The van der Waals surface area contributed by atoms with E-state index >= 15 is 0 Å². The summed E-state index contributed by atoms with van der Waals surface area (Å²) in [6, 6.07) is 15.7. The van der Waals surface area contributed by atoms with Crippen LogP contribution in [-0.2, 0) is 19.4 Å². The molecule has 0 unspecified atom stereocenters. The van der Waals surface area contributed by atoms with Crippen LogP contribution < -0.4 is 5.56 Å². The minimum atomic E-state index is -0.228. The van der Waals surface area contributed by atoms with Crippen molar-refractivity contribution in [1.82, 2.24) is 4.57 Å². The molecule has 0 atom stereocenters. The molecule has 3 aromatic rings. The monoisotopic (exact) mass is 316 g/mol. The van der Waals surface area contributed by atoms with E-state index in [0.29, 0.717) is 12.3 Å². The quantitative estimate of drug-likeness (QED) is 0.743. The highest BCUT2D eigenvalue weighted by atomic mass is 16.3. The van der Waals surface area contributed by atoms with E-state index in [1.165, 1.54) is 0 Å². The number of hydrogen-bond acceptors (Lipinski definition) is 3. The second-order valence-corrected chi connectivity index (χ2v) is 5.98. The number of hydrogen-bond donors (Lipinski definition) is 0. The van der Waals surface area contributed by atoms with Gasteiger partial charge in [-0.15, -0.1) is 0 Å². The van der Waals surface area contributed by atoms with Crippen molar-refractivity contribution < 1.29 is 4.42 Å². The van der Waals surface area contributed by atoms with E-state index in [2.05, 4.69) is 6.07 Å². The first-order valence-corrected chi connectivity index (χ1v) is 8.06. The van der Waals surface area contributed by atoms with Crippen LogP contribution >= 0.6 is 0 Å². The number of rotatable bonds is 3. The second kappa shape index (κ2) is 5.86. The molecule has 4 heteroatoms. The fourth-order valence-electron chi connectivity index (χ4n) is 3.56. The normalized spacial score (nSPS) is 12.8. The Morgan fingerprint density at radius 2 is 1.88 bits per heavy atom. The summed E-state index contributed by atoms with van der Waals surface area (Å²) >= 11 is 0. The highest BCUT2D eigenvalue weighted by Gasteiger charge is 2.26. The molecule has 0 spiro atoms. The van der Waals surface area contributed by atoms with Crippen molar-refractivity contribution in [3.63, 3.8) is 0 Å². The number of benzene rings is 1. The van der Waals surface area contributed by atoms with Crippen molar-refractivity contribution in [3.8, 4) is 17.3 Å². The largest absolute Gasteiger partial charge is 0.467 e. The van der Waals surface area contributed by atoms with Crippen molar-refractivity contribution in [3.05, 3.63) is 81.5 Å². The van der Waals surface area contributed by atoms with Crippen LogP contribution in [0.15, 0.2) is 57.9 Å². The van der Waals surface area contributed by atoms with Gasteiger partial charge in [-0.25, -0.2) is 0 Å². The molecule has 0 fully saturated rings. The highest BCUT2D eigenvalue weighted by Crippen LogP contribution is 2.33. The molecule has 0 aliphatic heterocycles. The first kappa shape index (κ1) is 14.5. The predicted molar refractivity (Wildman–Crippen MR) is 90.7 cm³/mol. The minimum Gasteiger partial charge on any atom is -0.467 e. The van der Waals surface area contributed by atoms with E-state index in [-0.39, 0.29) is 11.1 Å². The molecule has 4 rings (SSSR count). The van der Waals surface area contributed by atoms with E-state index < -0.39 is 0 Å². The van der Waals surface area contributed by atoms with Crippen LogP contribution in [0.2, 0.25) is 0 Å². The van der Waals surface area contributed by atoms with E-state index in [1.54, 1.807) is 16.9 Å². The van der Waals surface area contributed by atoms with Crippen molar-refractivity contribution in [1.29, 1.82) is 5.26 Å². The third-order valence-corrected chi connectivity index (χ3v) is 4.59. The topological polar surface area (TPSA) is 58.9 Å². The summed E-state index contributed by atoms with van der Waals surface area (Å²) in [6.07, 6.45) is 4.27. The van der Waals surface area contributed by atoms with Crippen molar-refractivity contribution in [2.45, 2.75) is 25.8 Å². The molecule has 0 saturated heterocycles. The maximum atomic E-state index is 13.0. The molecular formula is C20H16N2O2. The number of nitrogens with zero attached hydrogens (tertiary/aromatic N) is 2. The molecule has 0 bridgehead atoms. The van der Waals surface area contributed by atoms with Gasteiger partial charge >= 0.3 is 0 Å². The lowest BCUT2D eigenvalue weighted by Gasteiger charge is -2.18. The summed E-state index contributed by atoms with van der Waals surface area (Å²) < 4.78 is 7.12. The molecule has 1 aromatic carbocycles. The molecule has 24 heavy (non-hydrogen) atoms. The van der Waals surface area contributed by atoms with Crippen LogP contribution in [0, 0.1) is 11.3 Å². The Labute approximate surface area is 139 Å². The Bertz CT molecular complexity index is 977. The van der Waals surface area contributed by atoms with E-state index in [1.807, 2.05) is 36.4 Å². The van der Waals surface area contributed by atoms with Crippen LogP contribution in [0.4, 0.5) is 0 Å². The third-order valence-electron chi connectivity index (χ3n) is 4.59. The van der Waals surface area contributed by atoms with Gasteiger partial charge in [-0.1, -0.05) is 30.3 Å². The molecule has 2 aromatic heterocycles. The average molecular weight is 316 g/mol. The maximum absolute atomic E-state index is 13.0. The zero-order valence-corrected chi connectivity index (χ0v) is 13.2. The molecule has 0 saturated carbocycles. The minimum absolute atomic E-state index is 0.228. The van der Waals surface area contributed by atoms with Gasteiger partial charge in [0, 0.05) is 0 Å². The Morgan fingerprint density at radius 3 is 2.58 bits per heavy atom. The zero-order chi connectivity index (χ0) is 16.5. The predicted octanol–water partition coefficient (Wildman–Crippen LogP) is 3.52. The van der Waals surface area contributed by atoms with Crippen molar-refractivity contribution in [2.75, 3.05) is 0 Å². The zero-order valence-electron chi connectivity index (χ0n) is 13.2. The van der Waals surface area contributed by atoms with Crippen LogP contribution in [0.1, 0.15) is 28.9 Å². The standard InChI is InChI=1S/C20H16N2O2/c21-12-18-16-9-4-10-17(16)19(14-6-2-1-3-7-14)22(20(18)23)13-15-8-5-11-24-15/h1-3,5-8,11H,4,9-10,13H2. The Morgan fingerprint density at radius 1 is 1.08 bits per heavy atom. The fourth-order valence-corrected chi connectivity index (χ4v) is 3.56. The fraction of sp³-hybridized carbons (Fsp3) is 0.200. The number of pyridine rings is 1. The van der Waals surface area contributed by atoms with Gasteiger partial charge in [0.25, 0.3) is 5.56 Å². The maximum Gasteiger partial charge on any atom is 0.269 e. The summed E-state index contributed by atoms with van der Waals surface area (Å²) in [5, 5.41) is 9.51. The van der Waals surface area contributed by atoms with Crippen LogP contribution in [0.3, 0.4) is 0 Å². The Hall–Kier alpha value is -3.06. The first-order chi connectivity index (χ1) is 11.8. The Balaban J connectivity index is 2.03. The lowest BCUT2D eigenvalue weighted by atomic mass is 9.99. The first-order valence-electron chi connectivity index (χ1n) is 8.06. The molecular weight excluding hydrogens is 300 g/mol. The van der Waals surface area contributed by atoms with E-state index in [0.717, 1.165) is 41.6 Å². The van der Waals surface area contributed by atoms with E-state index in [4.69, 9.17) is 4.42 Å².